The molecule has 84 valence electrons. The van der Waals surface area contributed by atoms with E-state index in [1.165, 1.54) is 0 Å². The van der Waals surface area contributed by atoms with Crippen LogP contribution in [0.15, 0.2) is 0 Å². The van der Waals surface area contributed by atoms with Gasteiger partial charge in [-0.25, -0.2) is 0 Å². The highest BCUT2D eigenvalue weighted by molar-refractivity contribution is 5.06. The molecule has 1 aliphatic rings. The lowest BCUT2D eigenvalue weighted by Gasteiger charge is -2.49. The van der Waals surface area contributed by atoms with E-state index < -0.39 is 11.2 Å². The average Bonchev–Trinajstić information content (AvgIpc) is 2.28. The number of hydrogen-bond donors (Lipinski definition) is 1. The molecule has 0 bridgehead atoms. The van der Waals surface area contributed by atoms with E-state index in [0.29, 0.717) is 0 Å². The summed E-state index contributed by atoms with van der Waals surface area (Å²) >= 11 is 0. The topological polar surface area (TPSA) is 29.5 Å². The Morgan fingerprint density at radius 2 is 1.71 bits per heavy atom. The maximum Gasteiger partial charge on any atom is 0.101 e. The van der Waals surface area contributed by atoms with Crippen LogP contribution in [0.1, 0.15) is 54.4 Å². The van der Waals surface area contributed by atoms with Gasteiger partial charge in [0, 0.05) is 0 Å². The van der Waals surface area contributed by atoms with Gasteiger partial charge in [0.1, 0.15) is 5.60 Å². The minimum Gasteiger partial charge on any atom is -0.387 e. The lowest BCUT2D eigenvalue weighted by molar-refractivity contribution is -0.207. The second kappa shape index (κ2) is 3.21. The molecule has 1 heterocycles. The van der Waals surface area contributed by atoms with Crippen molar-refractivity contribution in [3.8, 4) is 0 Å². The summed E-state index contributed by atoms with van der Waals surface area (Å²) in [7, 11) is 0. The standard InChI is InChI=1S/C12H24O2/c1-9-7-8-12(14-9,10(2,3)4)11(5,6)13/h9,13H,7-8H2,1-6H3/t9-,12-/m0/s1. The third-order valence-corrected chi connectivity index (χ3v) is 3.51. The lowest BCUT2D eigenvalue weighted by atomic mass is 9.66. The summed E-state index contributed by atoms with van der Waals surface area (Å²) in [5.41, 5.74) is -1.22. The molecule has 0 unspecified atom stereocenters. The number of aliphatic hydroxyl groups is 1. The van der Waals surface area contributed by atoms with Crippen LogP contribution in [0.4, 0.5) is 0 Å². The molecule has 0 radical (unpaired) electrons. The molecule has 0 aromatic heterocycles. The van der Waals surface area contributed by atoms with Gasteiger partial charge in [-0.05, 0) is 39.0 Å². The number of hydrogen-bond acceptors (Lipinski definition) is 2. The van der Waals surface area contributed by atoms with Gasteiger partial charge in [-0.15, -0.1) is 0 Å². The van der Waals surface area contributed by atoms with Crippen molar-refractivity contribution in [2.24, 2.45) is 5.41 Å². The van der Waals surface area contributed by atoms with Gasteiger partial charge in [0.15, 0.2) is 0 Å². The third kappa shape index (κ3) is 1.70. The molecule has 0 aromatic carbocycles. The van der Waals surface area contributed by atoms with Crippen LogP contribution in [-0.2, 0) is 4.74 Å². The predicted molar refractivity (Wildman–Crippen MR) is 58.3 cm³/mol. The maximum atomic E-state index is 10.3. The van der Waals surface area contributed by atoms with Gasteiger partial charge < -0.3 is 9.84 Å². The summed E-state index contributed by atoms with van der Waals surface area (Å²) in [6.07, 6.45) is 2.25. The van der Waals surface area contributed by atoms with E-state index in [-0.39, 0.29) is 11.5 Å². The molecule has 1 fully saturated rings. The quantitative estimate of drug-likeness (QED) is 0.705. The minimum atomic E-state index is -0.782. The van der Waals surface area contributed by atoms with E-state index in [1.54, 1.807) is 0 Å². The Labute approximate surface area is 87.7 Å². The normalized spacial score (nSPS) is 34.9. The summed E-state index contributed by atoms with van der Waals surface area (Å²) in [5.74, 6) is 0. The van der Waals surface area contributed by atoms with Crippen LogP contribution in [0, 0.1) is 5.41 Å². The molecule has 14 heavy (non-hydrogen) atoms. The first-order valence-corrected chi connectivity index (χ1v) is 5.50. The van der Waals surface area contributed by atoms with Gasteiger partial charge >= 0.3 is 0 Å². The van der Waals surface area contributed by atoms with Crippen LogP contribution >= 0.6 is 0 Å². The molecule has 0 aliphatic carbocycles. The van der Waals surface area contributed by atoms with Crippen molar-refractivity contribution >= 4 is 0 Å². The van der Waals surface area contributed by atoms with Crippen molar-refractivity contribution in [3.05, 3.63) is 0 Å². The minimum absolute atomic E-state index is 0.0317. The molecule has 0 saturated carbocycles. The molecule has 1 aliphatic heterocycles. The first kappa shape index (κ1) is 12.0. The molecule has 0 spiro atoms. The van der Waals surface area contributed by atoms with Gasteiger partial charge in [0.2, 0.25) is 0 Å². The Hall–Kier alpha value is -0.0800. The zero-order valence-corrected chi connectivity index (χ0v) is 10.3. The smallest absolute Gasteiger partial charge is 0.101 e. The number of ether oxygens (including phenoxy) is 1. The Balaban J connectivity index is 3.05. The van der Waals surface area contributed by atoms with Crippen LogP contribution in [0.2, 0.25) is 0 Å². The molecule has 1 saturated heterocycles. The fraction of sp³-hybridized carbons (Fsp3) is 1.00. The highest BCUT2D eigenvalue weighted by Gasteiger charge is 2.56. The van der Waals surface area contributed by atoms with E-state index in [9.17, 15) is 5.11 Å². The lowest BCUT2D eigenvalue weighted by Crippen LogP contribution is -2.58. The SMILES string of the molecule is C[C@H]1CC[C@](C(C)(C)C)(C(C)(C)O)O1. The Morgan fingerprint density at radius 3 is 1.86 bits per heavy atom. The van der Waals surface area contributed by atoms with E-state index in [4.69, 9.17) is 4.74 Å². The first-order chi connectivity index (χ1) is 6.10. The fourth-order valence-electron chi connectivity index (χ4n) is 2.79. The molecule has 2 atom stereocenters. The van der Waals surface area contributed by atoms with Gasteiger partial charge in [-0.1, -0.05) is 20.8 Å². The van der Waals surface area contributed by atoms with Gasteiger partial charge in [-0.2, -0.15) is 0 Å². The zero-order valence-electron chi connectivity index (χ0n) is 10.3. The molecule has 1 N–H and O–H groups in total. The Morgan fingerprint density at radius 1 is 1.21 bits per heavy atom. The summed E-state index contributed by atoms with van der Waals surface area (Å²) < 4.78 is 6.03. The predicted octanol–water partition coefficient (Wildman–Crippen LogP) is 2.74. The van der Waals surface area contributed by atoms with E-state index in [0.717, 1.165) is 12.8 Å². The van der Waals surface area contributed by atoms with Crippen molar-refractivity contribution in [2.75, 3.05) is 0 Å². The largest absolute Gasteiger partial charge is 0.387 e. The van der Waals surface area contributed by atoms with Gasteiger partial charge in [-0.3, -0.25) is 0 Å². The highest BCUT2D eigenvalue weighted by atomic mass is 16.5. The van der Waals surface area contributed by atoms with Crippen molar-refractivity contribution in [3.63, 3.8) is 0 Å². The van der Waals surface area contributed by atoms with Crippen LogP contribution in [0.25, 0.3) is 0 Å². The van der Waals surface area contributed by atoms with Crippen molar-refractivity contribution in [1.82, 2.24) is 0 Å². The monoisotopic (exact) mass is 200 g/mol. The van der Waals surface area contributed by atoms with Crippen LogP contribution in [0.3, 0.4) is 0 Å². The molecule has 0 aromatic rings. The summed E-state index contributed by atoms with van der Waals surface area (Å²) in [6.45, 7) is 12.2. The average molecular weight is 200 g/mol. The molecule has 2 nitrogen and oxygen atoms in total. The Kier molecular flexibility index (Phi) is 2.75. The molecular formula is C12H24O2. The van der Waals surface area contributed by atoms with E-state index in [1.807, 2.05) is 13.8 Å². The van der Waals surface area contributed by atoms with Crippen LogP contribution < -0.4 is 0 Å². The van der Waals surface area contributed by atoms with Crippen molar-refractivity contribution < 1.29 is 9.84 Å². The fourth-order valence-corrected chi connectivity index (χ4v) is 2.79. The van der Waals surface area contributed by atoms with Crippen molar-refractivity contribution in [1.29, 1.82) is 0 Å². The summed E-state index contributed by atoms with van der Waals surface area (Å²) in [4.78, 5) is 0. The van der Waals surface area contributed by atoms with Crippen molar-refractivity contribution in [2.45, 2.75) is 71.7 Å². The second-order valence-electron chi connectivity index (χ2n) is 6.10. The first-order valence-electron chi connectivity index (χ1n) is 5.50. The van der Waals surface area contributed by atoms with E-state index >= 15 is 0 Å². The van der Waals surface area contributed by atoms with Gasteiger partial charge in [0.05, 0.1) is 11.7 Å². The number of rotatable bonds is 1. The maximum absolute atomic E-state index is 10.3. The summed E-state index contributed by atoms with van der Waals surface area (Å²) in [5, 5.41) is 10.3. The zero-order chi connectivity index (χ0) is 11.2. The Bertz CT molecular complexity index is 193. The van der Waals surface area contributed by atoms with Crippen LogP contribution in [-0.4, -0.2) is 22.4 Å². The molecular weight excluding hydrogens is 176 g/mol. The van der Waals surface area contributed by atoms with Gasteiger partial charge in [0.25, 0.3) is 0 Å². The molecule has 1 rings (SSSR count). The molecule has 2 heteroatoms. The highest BCUT2D eigenvalue weighted by Crippen LogP contribution is 2.50. The third-order valence-electron chi connectivity index (χ3n) is 3.51. The van der Waals surface area contributed by atoms with E-state index in [2.05, 4.69) is 27.7 Å². The molecule has 0 amide bonds. The second-order valence-corrected chi connectivity index (χ2v) is 6.10. The van der Waals surface area contributed by atoms with Crippen LogP contribution in [0.5, 0.6) is 0 Å². The summed E-state index contributed by atoms with van der Waals surface area (Å²) in [6, 6.07) is 0.